The van der Waals surface area contributed by atoms with E-state index in [0.29, 0.717) is 28.4 Å². The lowest BCUT2D eigenvalue weighted by Gasteiger charge is -2.08. The van der Waals surface area contributed by atoms with Crippen LogP contribution in [0.3, 0.4) is 0 Å². The number of methoxy groups -OCH3 is 2. The zero-order valence-electron chi connectivity index (χ0n) is 17.4. The molecule has 0 heterocycles. The molecule has 0 aromatic heterocycles. The highest BCUT2D eigenvalue weighted by molar-refractivity contribution is 5.95. The van der Waals surface area contributed by atoms with Gasteiger partial charge in [0.2, 0.25) is 0 Å². The number of hydrogen-bond acceptors (Lipinski definition) is 6. The summed E-state index contributed by atoms with van der Waals surface area (Å²) in [5, 5.41) is 3.96. The van der Waals surface area contributed by atoms with Crippen LogP contribution in [0.5, 0.6) is 17.2 Å². The quantitative estimate of drug-likeness (QED) is 0.271. The summed E-state index contributed by atoms with van der Waals surface area (Å²) < 4.78 is 15.8. The van der Waals surface area contributed by atoms with Gasteiger partial charge in [0.05, 0.1) is 26.0 Å². The smallest absolute Gasteiger partial charge is 0.343 e. The molecule has 3 rings (SSSR count). The molecule has 0 radical (unpaired) electrons. The second-order valence-corrected chi connectivity index (χ2v) is 6.54. The molecule has 0 spiro atoms. The lowest BCUT2D eigenvalue weighted by atomic mass is 10.1. The number of hydrogen-bond donors (Lipinski definition) is 1. The molecule has 0 saturated heterocycles. The minimum absolute atomic E-state index is 0.383. The fraction of sp³-hybridized carbons (Fsp3) is 0.125. The number of benzene rings is 3. The number of carbonyl (C=O) groups is 2. The average molecular weight is 418 g/mol. The molecule has 7 nitrogen and oxygen atoms in total. The average Bonchev–Trinajstić information content (AvgIpc) is 2.79. The van der Waals surface area contributed by atoms with E-state index in [4.69, 9.17) is 14.2 Å². The van der Waals surface area contributed by atoms with Crippen LogP contribution in [0.4, 0.5) is 0 Å². The van der Waals surface area contributed by atoms with Crippen LogP contribution in [0, 0.1) is 6.92 Å². The predicted molar refractivity (Wildman–Crippen MR) is 117 cm³/mol. The highest BCUT2D eigenvalue weighted by Gasteiger charge is 2.11. The molecule has 0 aliphatic heterocycles. The van der Waals surface area contributed by atoms with Gasteiger partial charge in [-0.05, 0) is 66.6 Å². The molecule has 1 N–H and O–H groups in total. The fourth-order valence-electron chi connectivity index (χ4n) is 2.79. The standard InChI is InChI=1S/C24H22N2O5/c1-16-6-4-5-7-20(16)24(28)31-19-11-8-17(9-12-19)15-25-26-23(27)18-10-13-21(29-2)22(14-18)30-3/h4-15H,1-3H3,(H,26,27). The van der Waals surface area contributed by atoms with E-state index >= 15 is 0 Å². The van der Waals surface area contributed by atoms with Crippen molar-refractivity contribution in [3.05, 3.63) is 89.0 Å². The monoisotopic (exact) mass is 418 g/mol. The molecule has 158 valence electrons. The van der Waals surface area contributed by atoms with Gasteiger partial charge in [0.1, 0.15) is 5.75 Å². The molecule has 0 fully saturated rings. The van der Waals surface area contributed by atoms with E-state index in [1.54, 1.807) is 54.6 Å². The Labute approximate surface area is 180 Å². The molecule has 0 saturated carbocycles. The summed E-state index contributed by atoms with van der Waals surface area (Å²) in [7, 11) is 3.02. The van der Waals surface area contributed by atoms with Crippen LogP contribution in [0.15, 0.2) is 71.8 Å². The third kappa shape index (κ3) is 5.48. The third-order valence-corrected chi connectivity index (χ3v) is 4.48. The fourth-order valence-corrected chi connectivity index (χ4v) is 2.79. The SMILES string of the molecule is COc1ccc(C(=O)NN=Cc2ccc(OC(=O)c3ccccc3C)cc2)cc1OC. The Bertz CT molecular complexity index is 1110. The van der Waals surface area contributed by atoms with Gasteiger partial charge in [-0.25, -0.2) is 10.2 Å². The zero-order chi connectivity index (χ0) is 22.2. The molecule has 0 atom stereocenters. The molecule has 0 aliphatic carbocycles. The Morgan fingerprint density at radius 2 is 1.61 bits per heavy atom. The first kappa shape index (κ1) is 21.6. The first-order chi connectivity index (χ1) is 15.0. The number of hydrazone groups is 1. The van der Waals surface area contributed by atoms with Crippen molar-refractivity contribution in [3.63, 3.8) is 0 Å². The van der Waals surface area contributed by atoms with Gasteiger partial charge in [-0.3, -0.25) is 4.79 Å². The Balaban J connectivity index is 1.59. The number of carbonyl (C=O) groups excluding carboxylic acids is 2. The maximum atomic E-state index is 12.3. The summed E-state index contributed by atoms with van der Waals surface area (Å²) in [6, 6.07) is 18.8. The highest BCUT2D eigenvalue weighted by Crippen LogP contribution is 2.27. The van der Waals surface area contributed by atoms with Crippen LogP contribution in [0.25, 0.3) is 0 Å². The second-order valence-electron chi connectivity index (χ2n) is 6.54. The summed E-state index contributed by atoms with van der Waals surface area (Å²) in [5.41, 5.74) is 4.94. The van der Waals surface area contributed by atoms with Crippen LogP contribution in [-0.2, 0) is 0 Å². The Morgan fingerprint density at radius 3 is 2.29 bits per heavy atom. The molecule has 0 unspecified atom stereocenters. The predicted octanol–water partition coefficient (Wildman–Crippen LogP) is 4.00. The first-order valence-corrected chi connectivity index (χ1v) is 9.45. The summed E-state index contributed by atoms with van der Waals surface area (Å²) in [6.45, 7) is 1.85. The van der Waals surface area contributed by atoms with Crippen LogP contribution in [0.2, 0.25) is 0 Å². The van der Waals surface area contributed by atoms with Crippen LogP contribution < -0.4 is 19.6 Å². The normalized spacial score (nSPS) is 10.5. The number of nitrogens with zero attached hydrogens (tertiary/aromatic N) is 1. The number of aryl methyl sites for hydroxylation is 1. The second kappa shape index (κ2) is 10.1. The zero-order valence-corrected chi connectivity index (χ0v) is 17.4. The van der Waals surface area contributed by atoms with E-state index in [0.717, 1.165) is 11.1 Å². The van der Waals surface area contributed by atoms with E-state index in [1.807, 2.05) is 19.1 Å². The molecule has 0 aliphatic rings. The minimum Gasteiger partial charge on any atom is -0.493 e. The van der Waals surface area contributed by atoms with Gasteiger partial charge < -0.3 is 14.2 Å². The number of esters is 1. The lowest BCUT2D eigenvalue weighted by Crippen LogP contribution is -2.17. The van der Waals surface area contributed by atoms with Gasteiger partial charge in [0.15, 0.2) is 11.5 Å². The van der Waals surface area contributed by atoms with Gasteiger partial charge >= 0.3 is 5.97 Å². The molecule has 0 bridgehead atoms. The largest absolute Gasteiger partial charge is 0.493 e. The summed E-state index contributed by atoms with van der Waals surface area (Å²) in [6.07, 6.45) is 1.49. The van der Waals surface area contributed by atoms with Gasteiger partial charge in [-0.1, -0.05) is 18.2 Å². The van der Waals surface area contributed by atoms with Crippen molar-refractivity contribution >= 4 is 18.1 Å². The molecular formula is C24H22N2O5. The molecule has 1 amide bonds. The number of amides is 1. The van der Waals surface area contributed by atoms with Crippen molar-refractivity contribution in [1.82, 2.24) is 5.43 Å². The maximum Gasteiger partial charge on any atom is 0.343 e. The first-order valence-electron chi connectivity index (χ1n) is 9.45. The molecule has 3 aromatic carbocycles. The van der Waals surface area contributed by atoms with Crippen LogP contribution in [0.1, 0.15) is 31.8 Å². The maximum absolute atomic E-state index is 12.3. The number of nitrogens with one attached hydrogen (secondary N) is 1. The summed E-state index contributed by atoms with van der Waals surface area (Å²) in [5.74, 6) is 0.600. The van der Waals surface area contributed by atoms with Crippen molar-refractivity contribution < 1.29 is 23.8 Å². The number of ether oxygens (including phenoxy) is 3. The van der Waals surface area contributed by atoms with Crippen LogP contribution in [-0.4, -0.2) is 32.3 Å². The van der Waals surface area contributed by atoms with Gasteiger partial charge in [-0.2, -0.15) is 5.10 Å². The Hall–Kier alpha value is -4.13. The summed E-state index contributed by atoms with van der Waals surface area (Å²) >= 11 is 0. The van der Waals surface area contributed by atoms with E-state index < -0.39 is 5.97 Å². The lowest BCUT2D eigenvalue weighted by molar-refractivity contribution is 0.0733. The van der Waals surface area contributed by atoms with E-state index in [9.17, 15) is 9.59 Å². The van der Waals surface area contributed by atoms with Gasteiger partial charge in [0, 0.05) is 5.56 Å². The number of rotatable bonds is 7. The minimum atomic E-state index is -0.415. The third-order valence-electron chi connectivity index (χ3n) is 4.48. The van der Waals surface area contributed by atoms with Crippen molar-refractivity contribution in [2.24, 2.45) is 5.10 Å². The Kier molecular flexibility index (Phi) is 7.01. The van der Waals surface area contributed by atoms with Crippen molar-refractivity contribution in [3.8, 4) is 17.2 Å². The molecule has 7 heteroatoms. The van der Waals surface area contributed by atoms with E-state index in [-0.39, 0.29) is 5.91 Å². The van der Waals surface area contributed by atoms with Crippen molar-refractivity contribution in [2.45, 2.75) is 6.92 Å². The molecular weight excluding hydrogens is 396 g/mol. The molecule has 31 heavy (non-hydrogen) atoms. The topological polar surface area (TPSA) is 86.2 Å². The Morgan fingerprint density at radius 1 is 0.903 bits per heavy atom. The van der Waals surface area contributed by atoms with Crippen LogP contribution >= 0.6 is 0 Å². The van der Waals surface area contributed by atoms with E-state index in [2.05, 4.69) is 10.5 Å². The highest BCUT2D eigenvalue weighted by atomic mass is 16.5. The van der Waals surface area contributed by atoms with Crippen molar-refractivity contribution in [2.75, 3.05) is 14.2 Å². The molecule has 3 aromatic rings. The van der Waals surface area contributed by atoms with Gasteiger partial charge in [-0.15, -0.1) is 0 Å². The van der Waals surface area contributed by atoms with Gasteiger partial charge in [0.25, 0.3) is 5.91 Å². The van der Waals surface area contributed by atoms with Crippen molar-refractivity contribution in [1.29, 1.82) is 0 Å². The summed E-state index contributed by atoms with van der Waals surface area (Å²) in [4.78, 5) is 24.5. The van der Waals surface area contributed by atoms with E-state index in [1.165, 1.54) is 20.4 Å².